The van der Waals surface area contributed by atoms with Crippen LogP contribution in [0.15, 0.2) is 24.3 Å². The van der Waals surface area contributed by atoms with Gasteiger partial charge in [0.05, 0.1) is 0 Å². The minimum Gasteiger partial charge on any atom is -0.388 e. The molecule has 0 spiro atoms. The number of amides is 1. The van der Waals surface area contributed by atoms with Crippen LogP contribution in [0.25, 0.3) is 0 Å². The van der Waals surface area contributed by atoms with Gasteiger partial charge in [0, 0.05) is 33.3 Å². The van der Waals surface area contributed by atoms with Crippen molar-refractivity contribution >= 4 is 11.6 Å². The molecule has 0 saturated carbocycles. The Balaban J connectivity index is 2.80. The highest BCUT2D eigenvalue weighted by Gasteiger charge is 2.05. The summed E-state index contributed by atoms with van der Waals surface area (Å²) in [5.41, 5.74) is 2.20. The van der Waals surface area contributed by atoms with Gasteiger partial charge in [-0.05, 0) is 11.6 Å². The molecule has 0 unspecified atom stereocenters. The Morgan fingerprint density at radius 2 is 2.07 bits per heavy atom. The highest BCUT2D eigenvalue weighted by molar-refractivity contribution is 5.73. The Morgan fingerprint density at radius 1 is 1.43 bits per heavy atom. The second-order valence-corrected chi connectivity index (χ2v) is 3.28. The van der Waals surface area contributed by atoms with Crippen molar-refractivity contribution in [2.75, 3.05) is 19.4 Å². The number of hydrogen-bond donors (Lipinski definition) is 1. The van der Waals surface area contributed by atoms with Gasteiger partial charge >= 0.3 is 0 Å². The van der Waals surface area contributed by atoms with Crippen molar-refractivity contribution in [3.05, 3.63) is 29.8 Å². The van der Waals surface area contributed by atoms with E-state index in [1.807, 2.05) is 31.3 Å². The lowest BCUT2D eigenvalue weighted by atomic mass is 10.1. The van der Waals surface area contributed by atoms with E-state index in [1.54, 1.807) is 18.9 Å². The van der Waals surface area contributed by atoms with Crippen molar-refractivity contribution in [1.29, 1.82) is 0 Å². The van der Waals surface area contributed by atoms with Gasteiger partial charge in [0.15, 0.2) is 0 Å². The summed E-state index contributed by atoms with van der Waals surface area (Å²) >= 11 is 0. The molecular weight excluding hydrogens is 176 g/mol. The molecule has 0 saturated heterocycles. The van der Waals surface area contributed by atoms with Crippen molar-refractivity contribution in [3.8, 4) is 0 Å². The molecular formula is C11H16N2O. The molecule has 0 aromatic heterocycles. The van der Waals surface area contributed by atoms with Crippen molar-refractivity contribution in [1.82, 2.24) is 4.90 Å². The van der Waals surface area contributed by atoms with Crippen molar-refractivity contribution in [2.45, 2.75) is 13.5 Å². The van der Waals surface area contributed by atoms with E-state index in [0.29, 0.717) is 6.54 Å². The Hall–Kier alpha value is -1.51. The Bertz CT molecular complexity index is 323. The maximum Gasteiger partial charge on any atom is 0.219 e. The van der Waals surface area contributed by atoms with Gasteiger partial charge < -0.3 is 10.2 Å². The number of carbonyl (C=O) groups is 1. The second kappa shape index (κ2) is 4.65. The summed E-state index contributed by atoms with van der Waals surface area (Å²) in [6.45, 7) is 2.22. The van der Waals surface area contributed by atoms with E-state index in [2.05, 4.69) is 5.32 Å². The summed E-state index contributed by atoms with van der Waals surface area (Å²) in [5, 5.41) is 3.10. The maximum absolute atomic E-state index is 11.1. The maximum atomic E-state index is 11.1. The smallest absolute Gasteiger partial charge is 0.219 e. The average Bonchev–Trinajstić information content (AvgIpc) is 2.18. The number of hydrogen-bond acceptors (Lipinski definition) is 2. The minimum atomic E-state index is 0.0795. The molecule has 3 nitrogen and oxygen atoms in total. The predicted molar refractivity (Wildman–Crippen MR) is 58.1 cm³/mol. The first kappa shape index (κ1) is 10.6. The molecule has 0 aliphatic carbocycles. The monoisotopic (exact) mass is 192 g/mol. The molecule has 0 aliphatic rings. The molecule has 1 N–H and O–H groups in total. The largest absolute Gasteiger partial charge is 0.388 e. The second-order valence-electron chi connectivity index (χ2n) is 3.28. The quantitative estimate of drug-likeness (QED) is 0.790. The summed E-state index contributed by atoms with van der Waals surface area (Å²) in [4.78, 5) is 12.7. The highest BCUT2D eigenvalue weighted by atomic mass is 16.2. The third kappa shape index (κ3) is 2.49. The van der Waals surface area contributed by atoms with Crippen molar-refractivity contribution in [3.63, 3.8) is 0 Å². The summed E-state index contributed by atoms with van der Waals surface area (Å²) in [5.74, 6) is 0.0795. The number of para-hydroxylation sites is 1. The lowest BCUT2D eigenvalue weighted by Gasteiger charge is -2.17. The van der Waals surface area contributed by atoms with E-state index in [9.17, 15) is 4.79 Å². The first-order chi connectivity index (χ1) is 6.65. The van der Waals surface area contributed by atoms with Crippen LogP contribution in [-0.2, 0) is 11.3 Å². The van der Waals surface area contributed by atoms with Gasteiger partial charge in [0.1, 0.15) is 0 Å². The first-order valence-electron chi connectivity index (χ1n) is 4.62. The normalized spacial score (nSPS) is 9.64. The SMILES string of the molecule is CNc1ccccc1CN(C)C(C)=O. The molecule has 0 bridgehead atoms. The fraction of sp³-hybridized carbons (Fsp3) is 0.364. The Labute approximate surface area is 84.7 Å². The molecule has 0 heterocycles. The van der Waals surface area contributed by atoms with Crippen LogP contribution in [0.3, 0.4) is 0 Å². The fourth-order valence-corrected chi connectivity index (χ4v) is 1.27. The zero-order valence-electron chi connectivity index (χ0n) is 8.87. The Kier molecular flexibility index (Phi) is 3.51. The lowest BCUT2D eigenvalue weighted by Crippen LogP contribution is -2.23. The minimum absolute atomic E-state index is 0.0795. The van der Waals surface area contributed by atoms with E-state index >= 15 is 0 Å². The van der Waals surface area contributed by atoms with Crippen LogP contribution in [0, 0.1) is 0 Å². The van der Waals surface area contributed by atoms with Crippen LogP contribution in [0.1, 0.15) is 12.5 Å². The number of benzene rings is 1. The standard InChI is InChI=1S/C11H16N2O/c1-9(14)13(3)8-10-6-4-5-7-11(10)12-2/h4-7,12H,8H2,1-3H3. The molecule has 14 heavy (non-hydrogen) atoms. The molecule has 0 fully saturated rings. The van der Waals surface area contributed by atoms with Gasteiger partial charge in [0.2, 0.25) is 5.91 Å². The topological polar surface area (TPSA) is 32.3 Å². The summed E-state index contributed by atoms with van der Waals surface area (Å²) in [6, 6.07) is 7.97. The summed E-state index contributed by atoms with van der Waals surface area (Å²) in [7, 11) is 3.68. The van der Waals surface area contributed by atoms with Gasteiger partial charge in [-0.2, -0.15) is 0 Å². The number of nitrogens with zero attached hydrogens (tertiary/aromatic N) is 1. The van der Waals surface area contributed by atoms with Crippen LogP contribution in [0.4, 0.5) is 5.69 Å². The van der Waals surface area contributed by atoms with E-state index < -0.39 is 0 Å². The van der Waals surface area contributed by atoms with Crippen LogP contribution < -0.4 is 5.32 Å². The average molecular weight is 192 g/mol. The van der Waals surface area contributed by atoms with Crippen LogP contribution in [-0.4, -0.2) is 24.9 Å². The fourth-order valence-electron chi connectivity index (χ4n) is 1.27. The van der Waals surface area contributed by atoms with Gasteiger partial charge in [-0.3, -0.25) is 4.79 Å². The van der Waals surface area contributed by atoms with Crippen LogP contribution in [0.2, 0.25) is 0 Å². The number of nitrogens with one attached hydrogen (secondary N) is 1. The van der Waals surface area contributed by atoms with E-state index in [-0.39, 0.29) is 5.91 Å². The summed E-state index contributed by atoms with van der Waals surface area (Å²) < 4.78 is 0. The molecule has 0 radical (unpaired) electrons. The van der Waals surface area contributed by atoms with Gasteiger partial charge in [-0.25, -0.2) is 0 Å². The van der Waals surface area contributed by atoms with Crippen molar-refractivity contribution < 1.29 is 4.79 Å². The molecule has 1 aromatic carbocycles. The predicted octanol–water partition coefficient (Wildman–Crippen LogP) is 1.71. The summed E-state index contributed by atoms with van der Waals surface area (Å²) in [6.07, 6.45) is 0. The van der Waals surface area contributed by atoms with E-state index in [4.69, 9.17) is 0 Å². The molecule has 3 heteroatoms. The van der Waals surface area contributed by atoms with Gasteiger partial charge in [0.25, 0.3) is 0 Å². The molecule has 0 aliphatic heterocycles. The number of anilines is 1. The Morgan fingerprint density at radius 3 is 2.64 bits per heavy atom. The van der Waals surface area contributed by atoms with Crippen LogP contribution >= 0.6 is 0 Å². The molecule has 1 aromatic rings. The van der Waals surface area contributed by atoms with E-state index in [0.717, 1.165) is 11.3 Å². The van der Waals surface area contributed by atoms with Gasteiger partial charge in [-0.15, -0.1) is 0 Å². The number of carbonyl (C=O) groups excluding carboxylic acids is 1. The lowest BCUT2D eigenvalue weighted by molar-refractivity contribution is -0.128. The van der Waals surface area contributed by atoms with Crippen molar-refractivity contribution in [2.24, 2.45) is 0 Å². The zero-order valence-corrected chi connectivity index (χ0v) is 8.87. The first-order valence-corrected chi connectivity index (χ1v) is 4.62. The zero-order chi connectivity index (χ0) is 10.6. The third-order valence-electron chi connectivity index (χ3n) is 2.23. The highest BCUT2D eigenvalue weighted by Crippen LogP contribution is 2.15. The number of rotatable bonds is 3. The van der Waals surface area contributed by atoms with E-state index in [1.165, 1.54) is 0 Å². The molecule has 76 valence electrons. The molecule has 1 amide bonds. The molecule has 1 rings (SSSR count). The molecule has 0 atom stereocenters. The van der Waals surface area contributed by atoms with Crippen LogP contribution in [0.5, 0.6) is 0 Å². The van der Waals surface area contributed by atoms with Gasteiger partial charge in [-0.1, -0.05) is 18.2 Å². The third-order valence-corrected chi connectivity index (χ3v) is 2.23.